The molecule has 0 spiro atoms. The number of hydrogen-bond donors (Lipinski definition) is 1. The Morgan fingerprint density at radius 3 is 2.72 bits per heavy atom. The Labute approximate surface area is 108 Å². The Kier molecular flexibility index (Phi) is 3.73. The average Bonchev–Trinajstić information content (AvgIpc) is 2.67. The highest BCUT2D eigenvalue weighted by atomic mass is 16.4. The molecule has 0 saturated heterocycles. The van der Waals surface area contributed by atoms with Crippen LogP contribution in [0.2, 0.25) is 0 Å². The van der Waals surface area contributed by atoms with Crippen molar-refractivity contribution < 1.29 is 9.90 Å². The summed E-state index contributed by atoms with van der Waals surface area (Å²) in [6, 6.07) is 2.05. The fraction of sp³-hybridized carbons (Fsp3) is 0.714. The summed E-state index contributed by atoms with van der Waals surface area (Å²) in [5, 5.41) is 13.9. The van der Waals surface area contributed by atoms with Crippen LogP contribution in [0.4, 0.5) is 0 Å². The summed E-state index contributed by atoms with van der Waals surface area (Å²) in [5.74, 6) is -0.331. The number of aryl methyl sites for hydroxylation is 2. The Balaban J connectivity index is 2.29. The molecule has 0 aromatic carbocycles. The molecular weight excluding hydrogens is 228 g/mol. The van der Waals surface area contributed by atoms with Gasteiger partial charge in [-0.3, -0.25) is 9.48 Å². The molecule has 1 heterocycles. The molecule has 1 aliphatic rings. The monoisotopic (exact) mass is 250 g/mol. The molecule has 0 bridgehead atoms. The summed E-state index contributed by atoms with van der Waals surface area (Å²) in [7, 11) is 0. The summed E-state index contributed by atoms with van der Waals surface area (Å²) >= 11 is 0. The molecule has 100 valence electrons. The van der Waals surface area contributed by atoms with E-state index in [-0.39, 0.29) is 12.0 Å². The molecular formula is C14H22N2O2. The van der Waals surface area contributed by atoms with Crippen molar-refractivity contribution in [3.63, 3.8) is 0 Å². The zero-order valence-corrected chi connectivity index (χ0v) is 11.4. The molecule has 18 heavy (non-hydrogen) atoms. The maximum absolute atomic E-state index is 11.4. The first kappa shape index (κ1) is 13.1. The van der Waals surface area contributed by atoms with Crippen molar-refractivity contribution in [3.8, 4) is 0 Å². The summed E-state index contributed by atoms with van der Waals surface area (Å²) in [5.41, 5.74) is 2.04. The van der Waals surface area contributed by atoms with Crippen LogP contribution in [0.25, 0.3) is 0 Å². The minimum absolute atomic E-state index is 0.0231. The van der Waals surface area contributed by atoms with Gasteiger partial charge >= 0.3 is 5.97 Å². The van der Waals surface area contributed by atoms with Crippen LogP contribution >= 0.6 is 0 Å². The van der Waals surface area contributed by atoms with Gasteiger partial charge in [-0.25, -0.2) is 0 Å². The van der Waals surface area contributed by atoms with Gasteiger partial charge in [-0.1, -0.05) is 13.3 Å². The maximum Gasteiger partial charge on any atom is 0.308 e. The van der Waals surface area contributed by atoms with Crippen molar-refractivity contribution in [2.45, 2.75) is 52.5 Å². The van der Waals surface area contributed by atoms with Crippen LogP contribution in [0.1, 0.15) is 50.0 Å². The molecule has 4 heteroatoms. The van der Waals surface area contributed by atoms with Gasteiger partial charge in [0.15, 0.2) is 0 Å². The number of hydrogen-bond acceptors (Lipinski definition) is 2. The first-order valence-electron chi connectivity index (χ1n) is 6.78. The highest BCUT2D eigenvalue weighted by Crippen LogP contribution is 2.39. The molecule has 1 aromatic heterocycles. The molecule has 1 saturated carbocycles. The predicted molar refractivity (Wildman–Crippen MR) is 69.5 cm³/mol. The maximum atomic E-state index is 11.4. The number of carboxylic acid groups (broad SMARTS) is 1. The van der Waals surface area contributed by atoms with Gasteiger partial charge in [0.2, 0.25) is 0 Å². The number of nitrogens with zero attached hydrogens (tertiary/aromatic N) is 2. The van der Waals surface area contributed by atoms with Crippen molar-refractivity contribution in [1.82, 2.24) is 9.78 Å². The van der Waals surface area contributed by atoms with E-state index in [1.54, 1.807) is 0 Å². The minimum Gasteiger partial charge on any atom is -0.481 e. The van der Waals surface area contributed by atoms with Gasteiger partial charge < -0.3 is 5.11 Å². The Morgan fingerprint density at radius 1 is 1.50 bits per heavy atom. The molecule has 0 amide bonds. The van der Waals surface area contributed by atoms with Crippen LogP contribution in [-0.4, -0.2) is 20.9 Å². The van der Waals surface area contributed by atoms with E-state index < -0.39 is 5.97 Å². The van der Waals surface area contributed by atoms with Crippen LogP contribution in [0.15, 0.2) is 6.07 Å². The van der Waals surface area contributed by atoms with Gasteiger partial charge in [-0.15, -0.1) is 0 Å². The van der Waals surface area contributed by atoms with Gasteiger partial charge in [0.05, 0.1) is 17.7 Å². The lowest BCUT2D eigenvalue weighted by Crippen LogP contribution is -2.33. The highest BCUT2D eigenvalue weighted by molar-refractivity contribution is 5.70. The van der Waals surface area contributed by atoms with E-state index in [4.69, 9.17) is 0 Å². The highest BCUT2D eigenvalue weighted by Gasteiger charge is 2.36. The van der Waals surface area contributed by atoms with Crippen molar-refractivity contribution in [2.75, 3.05) is 0 Å². The second-order valence-corrected chi connectivity index (χ2v) is 5.47. The molecule has 0 aliphatic heterocycles. The predicted octanol–water partition coefficient (Wildman–Crippen LogP) is 2.95. The topological polar surface area (TPSA) is 55.1 Å². The molecule has 0 radical (unpaired) electrons. The Hall–Kier alpha value is -1.32. The molecule has 1 aromatic rings. The number of aromatic nitrogens is 2. The first-order chi connectivity index (χ1) is 8.52. The van der Waals surface area contributed by atoms with E-state index in [9.17, 15) is 9.90 Å². The zero-order chi connectivity index (χ0) is 13.3. The third kappa shape index (κ3) is 2.42. The standard InChI is InChI=1S/C14H22N2O2/c1-4-11-5-6-12(14(17)18)13(8-11)16-10(3)7-9(2)15-16/h7,11-13H,4-6,8H2,1-3H3,(H,17,18). The van der Waals surface area contributed by atoms with E-state index >= 15 is 0 Å². The van der Waals surface area contributed by atoms with E-state index in [1.165, 1.54) is 0 Å². The molecule has 1 aliphatic carbocycles. The summed E-state index contributed by atoms with van der Waals surface area (Å²) in [6.45, 7) is 6.15. The lowest BCUT2D eigenvalue weighted by Gasteiger charge is -2.34. The first-order valence-corrected chi connectivity index (χ1v) is 6.78. The number of carbonyl (C=O) groups is 1. The quantitative estimate of drug-likeness (QED) is 0.897. The summed E-state index contributed by atoms with van der Waals surface area (Å²) in [4.78, 5) is 11.4. The lowest BCUT2D eigenvalue weighted by molar-refractivity contribution is -0.145. The van der Waals surface area contributed by atoms with Crippen LogP contribution in [0.5, 0.6) is 0 Å². The Bertz CT molecular complexity index is 439. The zero-order valence-electron chi connectivity index (χ0n) is 11.4. The average molecular weight is 250 g/mol. The third-order valence-corrected chi connectivity index (χ3v) is 4.18. The molecule has 4 nitrogen and oxygen atoms in total. The molecule has 3 unspecified atom stereocenters. The largest absolute Gasteiger partial charge is 0.481 e. The third-order valence-electron chi connectivity index (χ3n) is 4.18. The molecule has 3 atom stereocenters. The SMILES string of the molecule is CCC1CCC(C(=O)O)C(n2nc(C)cc2C)C1. The molecule has 1 N–H and O–H groups in total. The second-order valence-electron chi connectivity index (χ2n) is 5.47. The van der Waals surface area contributed by atoms with Crippen LogP contribution in [0, 0.1) is 25.7 Å². The van der Waals surface area contributed by atoms with Gasteiger partial charge in [0, 0.05) is 5.69 Å². The summed E-state index contributed by atoms with van der Waals surface area (Å²) < 4.78 is 1.94. The van der Waals surface area contributed by atoms with E-state index in [0.29, 0.717) is 5.92 Å². The fourth-order valence-electron chi connectivity index (χ4n) is 3.14. The van der Waals surface area contributed by atoms with Crippen LogP contribution < -0.4 is 0 Å². The number of aliphatic carboxylic acids is 1. The number of rotatable bonds is 3. The normalized spacial score (nSPS) is 28.3. The van der Waals surface area contributed by atoms with Crippen molar-refractivity contribution >= 4 is 5.97 Å². The van der Waals surface area contributed by atoms with E-state index in [0.717, 1.165) is 37.1 Å². The van der Waals surface area contributed by atoms with Crippen molar-refractivity contribution in [2.24, 2.45) is 11.8 Å². The number of carboxylic acids is 1. The van der Waals surface area contributed by atoms with Gasteiger partial charge in [0.1, 0.15) is 0 Å². The Morgan fingerprint density at radius 2 is 2.22 bits per heavy atom. The van der Waals surface area contributed by atoms with E-state index in [1.807, 2.05) is 24.6 Å². The van der Waals surface area contributed by atoms with Gasteiger partial charge in [0.25, 0.3) is 0 Å². The molecule has 2 rings (SSSR count). The lowest BCUT2D eigenvalue weighted by atomic mass is 9.77. The molecule has 1 fully saturated rings. The minimum atomic E-state index is -0.679. The fourth-order valence-corrected chi connectivity index (χ4v) is 3.14. The smallest absolute Gasteiger partial charge is 0.308 e. The van der Waals surface area contributed by atoms with Gasteiger partial charge in [-0.2, -0.15) is 5.10 Å². The van der Waals surface area contributed by atoms with Crippen molar-refractivity contribution in [3.05, 3.63) is 17.5 Å². The van der Waals surface area contributed by atoms with Crippen molar-refractivity contribution in [1.29, 1.82) is 0 Å². The summed E-state index contributed by atoms with van der Waals surface area (Å²) in [6.07, 6.45) is 3.87. The van der Waals surface area contributed by atoms with Crippen LogP contribution in [-0.2, 0) is 4.79 Å². The second kappa shape index (κ2) is 5.12. The van der Waals surface area contributed by atoms with E-state index in [2.05, 4.69) is 12.0 Å². The van der Waals surface area contributed by atoms with Crippen LogP contribution in [0.3, 0.4) is 0 Å². The van der Waals surface area contributed by atoms with Gasteiger partial charge in [-0.05, 0) is 45.1 Å².